The minimum Gasteiger partial charge on any atom is -0.496 e. The van der Waals surface area contributed by atoms with E-state index in [-0.39, 0.29) is 38.8 Å². The number of ether oxygens (including phenoxy) is 1. The van der Waals surface area contributed by atoms with Crippen molar-refractivity contribution >= 4 is 27.3 Å². The van der Waals surface area contributed by atoms with Crippen molar-refractivity contribution in [2.45, 2.75) is 6.18 Å². The Hall–Kier alpha value is -3.47. The van der Waals surface area contributed by atoms with Gasteiger partial charge in [-0.05, 0) is 23.8 Å². The third-order valence-electron chi connectivity index (χ3n) is 4.59. The molecule has 0 spiro atoms. The van der Waals surface area contributed by atoms with Crippen LogP contribution in [0.3, 0.4) is 0 Å². The van der Waals surface area contributed by atoms with Crippen LogP contribution in [0.25, 0.3) is 28.0 Å². The second-order valence-electron chi connectivity index (χ2n) is 6.54. The Morgan fingerprint density at radius 2 is 1.81 bits per heavy atom. The molecular formula is C20H14BrF3N5O2+. The van der Waals surface area contributed by atoms with E-state index in [9.17, 15) is 18.1 Å². The Labute approximate surface area is 181 Å². The summed E-state index contributed by atoms with van der Waals surface area (Å²) in [5.41, 5.74) is -0.769. The van der Waals surface area contributed by atoms with Gasteiger partial charge >= 0.3 is 6.18 Å². The highest BCUT2D eigenvalue weighted by Gasteiger charge is 2.40. The van der Waals surface area contributed by atoms with Crippen LogP contribution in [-0.2, 0) is 6.18 Å². The fourth-order valence-corrected chi connectivity index (χ4v) is 3.53. The monoisotopic (exact) mass is 492 g/mol. The van der Waals surface area contributed by atoms with Gasteiger partial charge in [0.15, 0.2) is 16.2 Å². The molecule has 0 aliphatic carbocycles. The van der Waals surface area contributed by atoms with Crippen LogP contribution in [0.5, 0.6) is 5.75 Å². The number of hydrogen-bond donors (Lipinski definition) is 1. The number of rotatable bonds is 4. The molecule has 2 heterocycles. The van der Waals surface area contributed by atoms with Crippen LogP contribution in [0.4, 0.5) is 18.9 Å². The van der Waals surface area contributed by atoms with E-state index < -0.39 is 11.9 Å². The number of halogens is 4. The van der Waals surface area contributed by atoms with E-state index in [1.807, 2.05) is 0 Å². The molecular weight excluding hydrogens is 479 g/mol. The molecule has 2 aromatic heterocycles. The molecule has 0 aliphatic rings. The predicted molar refractivity (Wildman–Crippen MR) is 111 cm³/mol. The van der Waals surface area contributed by atoms with Crippen LogP contribution < -0.4 is 10.6 Å². The summed E-state index contributed by atoms with van der Waals surface area (Å²) in [5, 5.41) is 3.82. The second-order valence-corrected chi connectivity index (χ2v) is 7.45. The van der Waals surface area contributed by atoms with Gasteiger partial charge in [0.2, 0.25) is 0 Å². The second kappa shape index (κ2) is 7.65. The Balaban J connectivity index is 2.17. The fraction of sp³-hybridized carbons (Fsp3) is 0.100. The van der Waals surface area contributed by atoms with Crippen molar-refractivity contribution in [2.24, 2.45) is 5.84 Å². The Morgan fingerprint density at radius 1 is 1.10 bits per heavy atom. The smallest absolute Gasteiger partial charge is 0.434 e. The molecule has 0 saturated heterocycles. The van der Waals surface area contributed by atoms with Crippen LogP contribution in [0.2, 0.25) is 0 Å². The normalized spacial score (nSPS) is 11.6. The standard InChI is InChI=1S/C20H14BrF3N5O2/c1-31-15-9-12(8-14(10-15)29(25)30)17-18(11-2-4-13(21)5-3-11)27-16-6-7-26-28(16)19(17)20(22,23)24/h2-10H,1H3,(H2,25,30)/q+1. The first-order valence-corrected chi connectivity index (χ1v) is 9.60. The quantitative estimate of drug-likeness (QED) is 0.242. The van der Waals surface area contributed by atoms with Crippen LogP contribution in [0.1, 0.15) is 5.69 Å². The number of hydrogen-bond acceptors (Lipinski definition) is 4. The first-order valence-electron chi connectivity index (χ1n) is 8.81. The van der Waals surface area contributed by atoms with Gasteiger partial charge in [-0.2, -0.15) is 24.1 Å². The summed E-state index contributed by atoms with van der Waals surface area (Å²) in [4.78, 5) is 16.2. The number of nitrogens with two attached hydrogens (primary N) is 1. The highest BCUT2D eigenvalue weighted by atomic mass is 79.9. The number of nitrogens with zero attached hydrogens (tertiary/aromatic N) is 4. The largest absolute Gasteiger partial charge is 0.496 e. The summed E-state index contributed by atoms with van der Waals surface area (Å²) < 4.78 is 49.6. The molecule has 0 aliphatic heterocycles. The topological polar surface area (TPSA) is 85.5 Å². The number of aromatic nitrogens is 3. The summed E-state index contributed by atoms with van der Waals surface area (Å²) in [5.74, 6) is 5.47. The molecule has 0 radical (unpaired) electrons. The summed E-state index contributed by atoms with van der Waals surface area (Å²) in [6, 6.07) is 12.0. The lowest BCUT2D eigenvalue weighted by atomic mass is 9.96. The van der Waals surface area contributed by atoms with Crippen molar-refractivity contribution in [3.8, 4) is 28.1 Å². The van der Waals surface area contributed by atoms with Gasteiger partial charge in [0.25, 0.3) is 5.69 Å². The Kier molecular flexibility index (Phi) is 5.13. The maximum atomic E-state index is 14.3. The number of methoxy groups -OCH3 is 1. The van der Waals surface area contributed by atoms with E-state index in [1.165, 1.54) is 37.6 Å². The molecule has 4 aromatic rings. The molecule has 31 heavy (non-hydrogen) atoms. The van der Waals surface area contributed by atoms with Gasteiger partial charge in [0.05, 0.1) is 30.0 Å². The molecule has 11 heteroatoms. The Morgan fingerprint density at radius 3 is 2.42 bits per heavy atom. The first-order chi connectivity index (χ1) is 14.7. The molecule has 0 atom stereocenters. The van der Waals surface area contributed by atoms with Crippen molar-refractivity contribution < 1.29 is 22.8 Å². The SMILES string of the molecule is COc1cc(-c2c(-c3ccc(Br)cc3)nc3ccnn3c2C(F)(F)F)cc([N+](N)=O)c1. The minimum absolute atomic E-state index is 0.0291. The lowest BCUT2D eigenvalue weighted by molar-refractivity contribution is -0.474. The van der Waals surface area contributed by atoms with E-state index in [4.69, 9.17) is 10.6 Å². The first kappa shape index (κ1) is 20.8. The summed E-state index contributed by atoms with van der Waals surface area (Å²) in [7, 11) is 1.34. The molecule has 0 fully saturated rings. The number of benzene rings is 2. The van der Waals surface area contributed by atoms with E-state index >= 15 is 0 Å². The maximum absolute atomic E-state index is 14.3. The highest BCUT2D eigenvalue weighted by molar-refractivity contribution is 9.10. The lowest BCUT2D eigenvalue weighted by Crippen LogP contribution is -2.17. The average Bonchev–Trinajstić information content (AvgIpc) is 3.19. The molecule has 2 N–H and O–H groups in total. The molecule has 0 unspecified atom stereocenters. The number of fused-ring (bicyclic) bond motifs is 1. The van der Waals surface area contributed by atoms with Crippen LogP contribution >= 0.6 is 15.9 Å². The average molecular weight is 493 g/mol. The van der Waals surface area contributed by atoms with Crippen LogP contribution in [-0.4, -0.2) is 26.6 Å². The number of hydrazine groups is 1. The zero-order chi connectivity index (χ0) is 22.3. The van der Waals surface area contributed by atoms with Crippen molar-refractivity contribution in [2.75, 3.05) is 7.11 Å². The lowest BCUT2D eigenvalue weighted by Gasteiger charge is -2.18. The van der Waals surface area contributed by atoms with E-state index in [2.05, 4.69) is 26.0 Å². The molecule has 4 rings (SSSR count). The van der Waals surface area contributed by atoms with Crippen molar-refractivity contribution in [1.82, 2.24) is 14.6 Å². The van der Waals surface area contributed by atoms with Gasteiger partial charge in [-0.25, -0.2) is 9.50 Å². The van der Waals surface area contributed by atoms with Gasteiger partial charge < -0.3 is 4.74 Å². The molecule has 0 amide bonds. The number of alkyl halides is 3. The summed E-state index contributed by atoms with van der Waals surface area (Å²) in [6.07, 6.45) is -3.54. The summed E-state index contributed by atoms with van der Waals surface area (Å²) in [6.45, 7) is 0. The minimum atomic E-state index is -4.78. The molecule has 0 saturated carbocycles. The van der Waals surface area contributed by atoms with Gasteiger partial charge in [0, 0.05) is 27.7 Å². The Bertz CT molecular complexity index is 1300. The van der Waals surface area contributed by atoms with Gasteiger partial charge in [0.1, 0.15) is 5.75 Å². The summed E-state index contributed by atoms with van der Waals surface area (Å²) >= 11 is 3.32. The third-order valence-corrected chi connectivity index (χ3v) is 5.12. The predicted octanol–water partition coefficient (Wildman–Crippen LogP) is 5.14. The number of nitroso groups, excluding NO2 is 1. The van der Waals surface area contributed by atoms with Crippen molar-refractivity contribution in [3.63, 3.8) is 0 Å². The van der Waals surface area contributed by atoms with E-state index in [0.29, 0.717) is 5.56 Å². The van der Waals surface area contributed by atoms with Crippen molar-refractivity contribution in [1.29, 1.82) is 0 Å². The zero-order valence-corrected chi connectivity index (χ0v) is 17.5. The fourth-order valence-electron chi connectivity index (χ4n) is 3.27. The van der Waals surface area contributed by atoms with Gasteiger partial charge in [-0.15, -0.1) is 0 Å². The van der Waals surface area contributed by atoms with Gasteiger partial charge in [-0.3, -0.25) is 0 Å². The third kappa shape index (κ3) is 3.83. The molecule has 0 bridgehead atoms. The highest BCUT2D eigenvalue weighted by Crippen LogP contribution is 2.43. The molecule has 7 nitrogen and oxygen atoms in total. The van der Waals surface area contributed by atoms with Crippen molar-refractivity contribution in [3.05, 3.63) is 69.8 Å². The molecule has 2 aromatic carbocycles. The maximum Gasteiger partial charge on any atom is 0.434 e. The zero-order valence-electron chi connectivity index (χ0n) is 15.9. The van der Waals surface area contributed by atoms with E-state index in [0.717, 1.165) is 8.99 Å². The molecule has 158 valence electrons. The van der Waals surface area contributed by atoms with Crippen LogP contribution in [0, 0.1) is 4.91 Å². The van der Waals surface area contributed by atoms with E-state index in [1.54, 1.807) is 24.3 Å². The van der Waals surface area contributed by atoms with Crippen LogP contribution in [0.15, 0.2) is 59.2 Å². The van der Waals surface area contributed by atoms with Gasteiger partial charge in [-0.1, -0.05) is 28.1 Å².